The van der Waals surface area contributed by atoms with Crippen LogP contribution >= 0.6 is 0 Å². The maximum absolute atomic E-state index is 11.8. The maximum Gasteiger partial charge on any atom is 0.220 e. The van der Waals surface area contributed by atoms with Crippen molar-refractivity contribution < 1.29 is 19.4 Å². The molecular formula is C19H29NO4. The second kappa shape index (κ2) is 10.3. The molecule has 2 rings (SSSR count). The third-order valence-corrected chi connectivity index (χ3v) is 4.53. The van der Waals surface area contributed by atoms with Crippen LogP contribution in [0.2, 0.25) is 0 Å². The Morgan fingerprint density at radius 2 is 2.00 bits per heavy atom. The van der Waals surface area contributed by atoms with Crippen molar-refractivity contribution >= 4 is 5.91 Å². The summed E-state index contributed by atoms with van der Waals surface area (Å²) in [7, 11) is 1.63. The minimum absolute atomic E-state index is 0.0242. The largest absolute Gasteiger partial charge is 0.497 e. The fourth-order valence-corrected chi connectivity index (χ4v) is 3.05. The van der Waals surface area contributed by atoms with E-state index in [2.05, 4.69) is 5.32 Å². The van der Waals surface area contributed by atoms with Crippen LogP contribution in [0.1, 0.15) is 44.1 Å². The van der Waals surface area contributed by atoms with Crippen molar-refractivity contribution in [3.05, 3.63) is 29.8 Å². The van der Waals surface area contributed by atoms with Gasteiger partial charge in [-0.05, 0) is 30.0 Å². The fraction of sp³-hybridized carbons (Fsp3) is 0.632. The number of carbonyl (C=O) groups is 1. The van der Waals surface area contributed by atoms with Gasteiger partial charge in [-0.15, -0.1) is 0 Å². The molecule has 2 N–H and O–H groups in total. The highest BCUT2D eigenvalue weighted by atomic mass is 16.5. The van der Waals surface area contributed by atoms with Crippen LogP contribution in [0, 0.1) is 5.92 Å². The highest BCUT2D eigenvalue weighted by molar-refractivity contribution is 5.75. The Balaban J connectivity index is 1.53. The first kappa shape index (κ1) is 18.7. The fourth-order valence-electron chi connectivity index (χ4n) is 3.05. The molecule has 1 amide bonds. The number of aliphatic hydroxyl groups excluding tert-OH is 1. The molecule has 5 heteroatoms. The van der Waals surface area contributed by atoms with Crippen LogP contribution < -0.4 is 10.1 Å². The van der Waals surface area contributed by atoms with Gasteiger partial charge < -0.3 is 19.9 Å². The van der Waals surface area contributed by atoms with Crippen LogP contribution in [0.5, 0.6) is 5.75 Å². The first-order valence-electron chi connectivity index (χ1n) is 8.83. The lowest BCUT2D eigenvalue weighted by Crippen LogP contribution is -2.34. The molecule has 0 unspecified atom stereocenters. The summed E-state index contributed by atoms with van der Waals surface area (Å²) >= 11 is 0. The van der Waals surface area contributed by atoms with Crippen LogP contribution in [-0.4, -0.2) is 37.4 Å². The molecule has 0 bridgehead atoms. The van der Waals surface area contributed by atoms with E-state index in [1.54, 1.807) is 7.11 Å². The Hall–Kier alpha value is -1.59. The molecule has 0 radical (unpaired) electrons. The molecule has 0 aromatic heterocycles. The van der Waals surface area contributed by atoms with Gasteiger partial charge in [-0.25, -0.2) is 0 Å². The van der Waals surface area contributed by atoms with Gasteiger partial charge in [0.15, 0.2) is 0 Å². The number of rotatable bonds is 10. The standard InChI is InChI=1S/C19H29NO4/c1-23-18-9-6-16(7-10-18)13-24-14-17(21)12-20-19(22)11-8-15-4-2-3-5-15/h6-7,9-10,15,17,21H,2-5,8,11-14H2,1H3,(H,20,22)/t17-/m1/s1. The number of aliphatic hydroxyl groups is 1. The quantitative estimate of drug-likeness (QED) is 0.690. The molecule has 0 spiro atoms. The Labute approximate surface area is 144 Å². The molecule has 0 heterocycles. The minimum Gasteiger partial charge on any atom is -0.497 e. The minimum atomic E-state index is -0.682. The second-order valence-electron chi connectivity index (χ2n) is 6.51. The first-order chi connectivity index (χ1) is 11.7. The highest BCUT2D eigenvalue weighted by Crippen LogP contribution is 2.28. The van der Waals surface area contributed by atoms with E-state index in [-0.39, 0.29) is 19.1 Å². The van der Waals surface area contributed by atoms with Gasteiger partial charge in [0.05, 0.1) is 26.4 Å². The van der Waals surface area contributed by atoms with Gasteiger partial charge in [0.1, 0.15) is 5.75 Å². The van der Waals surface area contributed by atoms with Crippen LogP contribution in [-0.2, 0) is 16.1 Å². The van der Waals surface area contributed by atoms with Crippen molar-refractivity contribution in [1.82, 2.24) is 5.32 Å². The molecule has 1 aromatic carbocycles. The molecule has 0 saturated heterocycles. The smallest absolute Gasteiger partial charge is 0.220 e. The van der Waals surface area contributed by atoms with Crippen LogP contribution in [0.4, 0.5) is 0 Å². The van der Waals surface area contributed by atoms with Crippen molar-refractivity contribution in [1.29, 1.82) is 0 Å². The SMILES string of the molecule is COc1ccc(COC[C@H](O)CNC(=O)CCC2CCCC2)cc1. The first-order valence-corrected chi connectivity index (χ1v) is 8.83. The van der Waals surface area contributed by atoms with Crippen LogP contribution in [0.3, 0.4) is 0 Å². The lowest BCUT2D eigenvalue weighted by molar-refractivity contribution is -0.122. The van der Waals surface area contributed by atoms with Gasteiger partial charge in [-0.3, -0.25) is 4.79 Å². The van der Waals surface area contributed by atoms with Gasteiger partial charge in [0.2, 0.25) is 5.91 Å². The van der Waals surface area contributed by atoms with Crippen LogP contribution in [0.15, 0.2) is 24.3 Å². The highest BCUT2D eigenvalue weighted by Gasteiger charge is 2.16. The summed E-state index contributed by atoms with van der Waals surface area (Å²) in [5.41, 5.74) is 1.02. The van der Waals surface area contributed by atoms with E-state index in [1.807, 2.05) is 24.3 Å². The second-order valence-corrected chi connectivity index (χ2v) is 6.51. The summed E-state index contributed by atoms with van der Waals surface area (Å²) in [6.07, 6.45) is 5.97. The van der Waals surface area contributed by atoms with Crippen molar-refractivity contribution in [3.8, 4) is 5.75 Å². The Bertz CT molecular complexity index is 483. The monoisotopic (exact) mass is 335 g/mol. The third-order valence-electron chi connectivity index (χ3n) is 4.53. The summed E-state index contributed by atoms with van der Waals surface area (Å²) in [4.78, 5) is 11.8. The zero-order chi connectivity index (χ0) is 17.2. The van der Waals surface area contributed by atoms with E-state index in [9.17, 15) is 9.90 Å². The number of benzene rings is 1. The van der Waals surface area contributed by atoms with E-state index in [0.29, 0.717) is 18.9 Å². The predicted octanol–water partition coefficient (Wildman–Crippen LogP) is 2.66. The van der Waals surface area contributed by atoms with E-state index in [1.165, 1.54) is 25.7 Å². The van der Waals surface area contributed by atoms with E-state index < -0.39 is 6.10 Å². The number of amides is 1. The molecule has 1 atom stereocenters. The number of hydrogen-bond donors (Lipinski definition) is 2. The van der Waals surface area contributed by atoms with Gasteiger partial charge in [-0.1, -0.05) is 37.8 Å². The van der Waals surface area contributed by atoms with Gasteiger partial charge in [0, 0.05) is 13.0 Å². The molecule has 1 saturated carbocycles. The molecule has 1 aliphatic carbocycles. The number of methoxy groups -OCH3 is 1. The average molecular weight is 335 g/mol. The van der Waals surface area contributed by atoms with E-state index in [0.717, 1.165) is 17.7 Å². The molecule has 1 fully saturated rings. The molecule has 134 valence electrons. The van der Waals surface area contributed by atoms with Crippen LogP contribution in [0.25, 0.3) is 0 Å². The Morgan fingerprint density at radius 3 is 2.67 bits per heavy atom. The maximum atomic E-state index is 11.8. The van der Waals surface area contributed by atoms with Crippen molar-refractivity contribution in [2.45, 2.75) is 51.2 Å². The van der Waals surface area contributed by atoms with E-state index >= 15 is 0 Å². The molecule has 24 heavy (non-hydrogen) atoms. The van der Waals surface area contributed by atoms with Crippen molar-refractivity contribution in [2.24, 2.45) is 5.92 Å². The molecule has 0 aliphatic heterocycles. The third kappa shape index (κ3) is 6.89. The summed E-state index contributed by atoms with van der Waals surface area (Å²) in [5.74, 6) is 1.55. The summed E-state index contributed by atoms with van der Waals surface area (Å²) in [5, 5.41) is 12.7. The molecule has 5 nitrogen and oxygen atoms in total. The van der Waals surface area contributed by atoms with E-state index in [4.69, 9.17) is 9.47 Å². The lowest BCUT2D eigenvalue weighted by atomic mass is 10.0. The molecular weight excluding hydrogens is 306 g/mol. The van der Waals surface area contributed by atoms with Gasteiger partial charge >= 0.3 is 0 Å². The normalized spacial score (nSPS) is 16.1. The molecule has 1 aliphatic rings. The summed E-state index contributed by atoms with van der Waals surface area (Å²) in [6, 6.07) is 7.60. The zero-order valence-corrected chi connectivity index (χ0v) is 14.5. The Morgan fingerprint density at radius 1 is 1.29 bits per heavy atom. The zero-order valence-electron chi connectivity index (χ0n) is 14.5. The number of hydrogen-bond acceptors (Lipinski definition) is 4. The topological polar surface area (TPSA) is 67.8 Å². The van der Waals surface area contributed by atoms with Crippen molar-refractivity contribution in [3.63, 3.8) is 0 Å². The number of nitrogens with one attached hydrogen (secondary N) is 1. The lowest BCUT2D eigenvalue weighted by Gasteiger charge is -2.13. The summed E-state index contributed by atoms with van der Waals surface area (Å²) in [6.45, 7) is 0.873. The Kier molecular flexibility index (Phi) is 8.05. The summed E-state index contributed by atoms with van der Waals surface area (Å²) < 4.78 is 10.6. The van der Waals surface area contributed by atoms with Gasteiger partial charge in [-0.2, -0.15) is 0 Å². The number of carbonyl (C=O) groups excluding carboxylic acids is 1. The predicted molar refractivity (Wildman–Crippen MR) is 92.9 cm³/mol. The molecule has 1 aromatic rings. The van der Waals surface area contributed by atoms with Crippen molar-refractivity contribution in [2.75, 3.05) is 20.3 Å². The number of ether oxygens (including phenoxy) is 2. The average Bonchev–Trinajstić information content (AvgIpc) is 3.12. The van der Waals surface area contributed by atoms with Gasteiger partial charge in [0.25, 0.3) is 0 Å².